The number of anilines is 1. The molecule has 0 atom stereocenters. The molecule has 0 spiro atoms. The van der Waals surface area contributed by atoms with Gasteiger partial charge in [0, 0.05) is 45.0 Å². The van der Waals surface area contributed by atoms with E-state index in [1.54, 1.807) is 17.0 Å². The van der Waals surface area contributed by atoms with Gasteiger partial charge in [-0.3, -0.25) is 9.59 Å². The van der Waals surface area contributed by atoms with Gasteiger partial charge in [0.05, 0.1) is 11.0 Å². The molecule has 0 unspecified atom stereocenters. The maximum absolute atomic E-state index is 14.2. The maximum Gasteiger partial charge on any atom is 0.256 e. The van der Waals surface area contributed by atoms with Crippen LogP contribution in [0.15, 0.2) is 84.9 Å². The van der Waals surface area contributed by atoms with Crippen LogP contribution >= 0.6 is 0 Å². The minimum atomic E-state index is -0.678. The highest BCUT2D eigenvalue weighted by atomic mass is 19.1. The highest BCUT2D eigenvalue weighted by molar-refractivity contribution is 5.95. The summed E-state index contributed by atoms with van der Waals surface area (Å²) < 4.78 is 14.2. The smallest absolute Gasteiger partial charge is 0.256 e. The third-order valence-electron chi connectivity index (χ3n) is 7.43. The fourth-order valence-corrected chi connectivity index (χ4v) is 5.39. The number of amides is 2. The Hall–Kier alpha value is -3.67. The van der Waals surface area contributed by atoms with Crippen molar-refractivity contribution in [3.63, 3.8) is 0 Å². The highest BCUT2D eigenvalue weighted by Crippen LogP contribution is 2.38. The van der Waals surface area contributed by atoms with E-state index in [1.165, 1.54) is 17.8 Å². The molecule has 180 valence electrons. The lowest BCUT2D eigenvalue weighted by Crippen LogP contribution is -2.58. The van der Waals surface area contributed by atoms with E-state index in [0.29, 0.717) is 39.0 Å². The number of piperidine rings is 1. The molecule has 0 bridgehead atoms. The number of halogens is 1. The van der Waals surface area contributed by atoms with Crippen LogP contribution in [0.3, 0.4) is 0 Å². The molecular weight excluding hydrogens is 441 g/mol. The van der Waals surface area contributed by atoms with Gasteiger partial charge in [-0.15, -0.1) is 0 Å². The Morgan fingerprint density at radius 2 is 1.23 bits per heavy atom. The monoisotopic (exact) mass is 471 g/mol. The van der Waals surface area contributed by atoms with Gasteiger partial charge < -0.3 is 14.7 Å². The number of likely N-dealkylation sites (tertiary alicyclic amines) is 1. The summed E-state index contributed by atoms with van der Waals surface area (Å²) in [6.07, 6.45) is 1.05. The van der Waals surface area contributed by atoms with Crippen molar-refractivity contribution in [3.05, 3.63) is 102 Å². The molecule has 2 amide bonds. The van der Waals surface area contributed by atoms with Crippen LogP contribution in [0.25, 0.3) is 0 Å². The van der Waals surface area contributed by atoms with Crippen LogP contribution in [0.1, 0.15) is 28.8 Å². The summed E-state index contributed by atoms with van der Waals surface area (Å²) in [7, 11) is 0. The second kappa shape index (κ2) is 9.90. The van der Waals surface area contributed by atoms with E-state index in [-0.39, 0.29) is 17.4 Å². The van der Waals surface area contributed by atoms with E-state index >= 15 is 0 Å². The molecule has 0 N–H and O–H groups in total. The standard InChI is InChI=1S/C29H30FN3O2/c30-26-14-8-7-13-25(26)27(34)32-17-15-29(16-18-32,23-9-3-1-4-10-23)28(35)33-21-19-31(20-22-33)24-11-5-2-6-12-24/h1-14H,15-22H2. The first-order chi connectivity index (χ1) is 17.1. The Morgan fingerprint density at radius 3 is 1.86 bits per heavy atom. The summed E-state index contributed by atoms with van der Waals surface area (Å²) in [5.41, 5.74) is 1.58. The molecule has 0 aromatic heterocycles. The van der Waals surface area contributed by atoms with Crippen molar-refractivity contribution in [2.45, 2.75) is 18.3 Å². The fraction of sp³-hybridized carbons (Fsp3) is 0.310. The number of nitrogens with zero attached hydrogens (tertiary/aromatic N) is 3. The Bertz CT molecular complexity index is 1170. The molecule has 2 fully saturated rings. The molecule has 0 saturated carbocycles. The quantitative estimate of drug-likeness (QED) is 0.568. The molecule has 35 heavy (non-hydrogen) atoms. The SMILES string of the molecule is O=C(c1ccccc1F)N1CCC(C(=O)N2CCN(c3ccccc3)CC2)(c2ccccc2)CC1. The summed E-state index contributed by atoms with van der Waals surface area (Å²) in [5, 5.41) is 0. The molecule has 5 rings (SSSR count). The predicted octanol–water partition coefficient (Wildman–Crippen LogP) is 4.35. The molecule has 0 aliphatic carbocycles. The van der Waals surface area contributed by atoms with E-state index in [2.05, 4.69) is 17.0 Å². The van der Waals surface area contributed by atoms with E-state index in [4.69, 9.17) is 0 Å². The Labute approximate surface area is 205 Å². The molecule has 2 saturated heterocycles. The molecule has 3 aromatic rings. The normalized spacial score (nSPS) is 17.8. The lowest BCUT2D eigenvalue weighted by molar-refractivity contribution is -0.139. The number of hydrogen-bond acceptors (Lipinski definition) is 3. The molecule has 5 nitrogen and oxygen atoms in total. The molecule has 2 heterocycles. The van der Waals surface area contributed by atoms with Crippen LogP contribution in [0, 0.1) is 5.82 Å². The number of carbonyl (C=O) groups excluding carboxylic acids is 2. The van der Waals surface area contributed by atoms with Crippen LogP contribution in [0.5, 0.6) is 0 Å². The minimum absolute atomic E-state index is 0.0862. The van der Waals surface area contributed by atoms with Gasteiger partial charge in [0.15, 0.2) is 0 Å². The topological polar surface area (TPSA) is 43.9 Å². The molecule has 0 radical (unpaired) electrons. The number of benzene rings is 3. The Morgan fingerprint density at radius 1 is 0.657 bits per heavy atom. The minimum Gasteiger partial charge on any atom is -0.368 e. The average molecular weight is 472 g/mol. The molecule has 3 aromatic carbocycles. The fourth-order valence-electron chi connectivity index (χ4n) is 5.39. The van der Waals surface area contributed by atoms with Crippen LogP contribution in [0.2, 0.25) is 0 Å². The largest absolute Gasteiger partial charge is 0.368 e. The molecular formula is C29H30FN3O2. The summed E-state index contributed by atoms with van der Waals surface area (Å²) in [6.45, 7) is 3.74. The molecule has 2 aliphatic rings. The van der Waals surface area contributed by atoms with Crippen LogP contribution in [-0.2, 0) is 10.2 Å². The van der Waals surface area contributed by atoms with Crippen molar-refractivity contribution < 1.29 is 14.0 Å². The zero-order chi connectivity index (χ0) is 24.3. The van der Waals surface area contributed by atoms with Gasteiger partial charge in [-0.2, -0.15) is 0 Å². The third-order valence-corrected chi connectivity index (χ3v) is 7.43. The summed E-state index contributed by atoms with van der Waals surface area (Å²) in [5.74, 6) is -0.687. The van der Waals surface area contributed by atoms with Crippen LogP contribution in [-0.4, -0.2) is 60.9 Å². The maximum atomic E-state index is 14.2. The van der Waals surface area contributed by atoms with Crippen LogP contribution < -0.4 is 4.90 Å². The van der Waals surface area contributed by atoms with Crippen LogP contribution in [0.4, 0.5) is 10.1 Å². The number of carbonyl (C=O) groups is 2. The lowest BCUT2D eigenvalue weighted by Gasteiger charge is -2.45. The molecule has 6 heteroatoms. The first-order valence-corrected chi connectivity index (χ1v) is 12.3. The van der Waals surface area contributed by atoms with Gasteiger partial charge in [0.25, 0.3) is 5.91 Å². The van der Waals surface area contributed by atoms with Crippen molar-refractivity contribution in [2.24, 2.45) is 0 Å². The Balaban J connectivity index is 1.33. The number of hydrogen-bond donors (Lipinski definition) is 0. The van der Waals surface area contributed by atoms with Gasteiger partial charge in [0.1, 0.15) is 5.82 Å². The van der Waals surface area contributed by atoms with E-state index in [0.717, 1.165) is 18.7 Å². The number of piperazine rings is 1. The van der Waals surface area contributed by atoms with Crippen molar-refractivity contribution in [2.75, 3.05) is 44.2 Å². The van der Waals surface area contributed by atoms with Gasteiger partial charge in [-0.25, -0.2) is 4.39 Å². The van der Waals surface area contributed by atoms with Gasteiger partial charge in [-0.05, 0) is 42.7 Å². The van der Waals surface area contributed by atoms with Crippen molar-refractivity contribution >= 4 is 17.5 Å². The number of rotatable bonds is 4. The first kappa shape index (κ1) is 23.1. The summed E-state index contributed by atoms with van der Waals surface area (Å²) in [4.78, 5) is 33.0. The zero-order valence-corrected chi connectivity index (χ0v) is 19.8. The van der Waals surface area contributed by atoms with Crippen molar-refractivity contribution in [3.8, 4) is 0 Å². The number of para-hydroxylation sites is 1. The first-order valence-electron chi connectivity index (χ1n) is 12.3. The van der Waals surface area contributed by atoms with Crippen molar-refractivity contribution in [1.82, 2.24) is 9.80 Å². The summed E-state index contributed by atoms with van der Waals surface area (Å²) >= 11 is 0. The van der Waals surface area contributed by atoms with Gasteiger partial charge in [0.2, 0.25) is 5.91 Å². The Kier molecular flexibility index (Phi) is 6.53. The second-order valence-corrected chi connectivity index (χ2v) is 9.33. The lowest BCUT2D eigenvalue weighted by atomic mass is 9.71. The van der Waals surface area contributed by atoms with Gasteiger partial charge >= 0.3 is 0 Å². The molecule has 2 aliphatic heterocycles. The average Bonchev–Trinajstić information content (AvgIpc) is 2.94. The van der Waals surface area contributed by atoms with E-state index in [1.807, 2.05) is 53.4 Å². The highest BCUT2D eigenvalue weighted by Gasteiger charge is 2.46. The van der Waals surface area contributed by atoms with E-state index < -0.39 is 11.2 Å². The second-order valence-electron chi connectivity index (χ2n) is 9.33. The summed E-state index contributed by atoms with van der Waals surface area (Å²) in [6, 6.07) is 26.3. The van der Waals surface area contributed by atoms with Crippen molar-refractivity contribution in [1.29, 1.82) is 0 Å². The predicted molar refractivity (Wildman–Crippen MR) is 135 cm³/mol. The zero-order valence-electron chi connectivity index (χ0n) is 19.8. The third kappa shape index (κ3) is 4.53. The van der Waals surface area contributed by atoms with E-state index in [9.17, 15) is 14.0 Å². The van der Waals surface area contributed by atoms with Gasteiger partial charge in [-0.1, -0.05) is 60.7 Å².